The van der Waals surface area contributed by atoms with Crippen LogP contribution < -0.4 is 5.32 Å². The van der Waals surface area contributed by atoms with E-state index in [1.165, 1.54) is 0 Å². The van der Waals surface area contributed by atoms with Crippen molar-refractivity contribution in [3.05, 3.63) is 35.7 Å². The lowest BCUT2D eigenvalue weighted by atomic mass is 10.1. The molecule has 0 aliphatic heterocycles. The quantitative estimate of drug-likeness (QED) is 0.939. The summed E-state index contributed by atoms with van der Waals surface area (Å²) in [6.07, 6.45) is -0.516. The lowest BCUT2D eigenvalue weighted by molar-refractivity contribution is 0.0519. The second-order valence-electron chi connectivity index (χ2n) is 5.72. The number of nitrogens with zero attached hydrogens (tertiary/aromatic N) is 2. The highest BCUT2D eigenvalue weighted by molar-refractivity contribution is 5.67. The first kappa shape index (κ1) is 15.0. The zero-order valence-electron chi connectivity index (χ0n) is 12.6. The molecule has 0 fully saturated rings. The Hall–Kier alpha value is -2.37. The number of ether oxygens (including phenoxy) is 1. The maximum Gasteiger partial charge on any atom is 0.408 e. The second-order valence-corrected chi connectivity index (χ2v) is 5.72. The minimum absolute atomic E-state index is 0.133. The van der Waals surface area contributed by atoms with Gasteiger partial charge in [-0.1, -0.05) is 17.7 Å². The fourth-order valence-corrected chi connectivity index (χ4v) is 1.60. The molecule has 1 amide bonds. The SMILES string of the molecule is Cc1ccc(-c2nnc(CNC(=O)OC(C)(C)C)o2)cc1. The lowest BCUT2D eigenvalue weighted by Crippen LogP contribution is -2.32. The molecule has 0 aliphatic carbocycles. The van der Waals surface area contributed by atoms with Crippen LogP contribution in [0.4, 0.5) is 4.79 Å². The molecule has 0 aliphatic rings. The molecule has 2 rings (SSSR count). The average molecular weight is 289 g/mol. The molecule has 1 aromatic carbocycles. The third kappa shape index (κ3) is 4.59. The molecular weight excluding hydrogens is 270 g/mol. The number of aromatic nitrogens is 2. The summed E-state index contributed by atoms with van der Waals surface area (Å²) in [6, 6.07) is 7.76. The van der Waals surface area contributed by atoms with Crippen LogP contribution in [0, 0.1) is 6.92 Å². The number of hydrogen-bond donors (Lipinski definition) is 1. The Morgan fingerprint density at radius 3 is 2.52 bits per heavy atom. The number of hydrogen-bond acceptors (Lipinski definition) is 5. The number of rotatable bonds is 3. The molecule has 6 heteroatoms. The van der Waals surface area contributed by atoms with E-state index in [0.717, 1.165) is 11.1 Å². The normalized spacial score (nSPS) is 11.2. The van der Waals surface area contributed by atoms with Gasteiger partial charge in [0.2, 0.25) is 11.8 Å². The molecule has 0 atom stereocenters. The van der Waals surface area contributed by atoms with Gasteiger partial charge in [-0.15, -0.1) is 10.2 Å². The van der Waals surface area contributed by atoms with Crippen molar-refractivity contribution >= 4 is 6.09 Å². The Kier molecular flexibility index (Phi) is 4.26. The van der Waals surface area contributed by atoms with Crippen molar-refractivity contribution in [2.24, 2.45) is 0 Å². The summed E-state index contributed by atoms with van der Waals surface area (Å²) >= 11 is 0. The number of alkyl carbamates (subject to hydrolysis) is 1. The van der Waals surface area contributed by atoms with E-state index in [1.54, 1.807) is 20.8 Å². The molecule has 0 spiro atoms. The van der Waals surface area contributed by atoms with E-state index in [4.69, 9.17) is 9.15 Å². The van der Waals surface area contributed by atoms with E-state index >= 15 is 0 Å². The Bertz CT molecular complexity index is 612. The Balaban J connectivity index is 1.94. The monoisotopic (exact) mass is 289 g/mol. The summed E-state index contributed by atoms with van der Waals surface area (Å²) in [7, 11) is 0. The average Bonchev–Trinajstić information content (AvgIpc) is 2.84. The molecule has 0 unspecified atom stereocenters. The number of aryl methyl sites for hydroxylation is 1. The summed E-state index contributed by atoms with van der Waals surface area (Å²) in [5, 5.41) is 10.4. The third-order valence-electron chi connectivity index (χ3n) is 2.55. The highest BCUT2D eigenvalue weighted by Gasteiger charge is 2.16. The minimum Gasteiger partial charge on any atom is -0.444 e. The summed E-state index contributed by atoms with van der Waals surface area (Å²) < 4.78 is 10.6. The first-order chi connectivity index (χ1) is 9.83. The first-order valence-electron chi connectivity index (χ1n) is 6.70. The van der Waals surface area contributed by atoms with Crippen molar-refractivity contribution < 1.29 is 13.9 Å². The maximum absolute atomic E-state index is 11.5. The molecule has 0 saturated heterocycles. The molecule has 1 N–H and O–H groups in total. The molecule has 1 aromatic heterocycles. The topological polar surface area (TPSA) is 77.2 Å². The van der Waals surface area contributed by atoms with Gasteiger partial charge in [-0.2, -0.15) is 0 Å². The molecule has 21 heavy (non-hydrogen) atoms. The van der Waals surface area contributed by atoms with Gasteiger partial charge in [-0.25, -0.2) is 4.79 Å². The Morgan fingerprint density at radius 1 is 1.24 bits per heavy atom. The van der Waals surface area contributed by atoms with Gasteiger partial charge < -0.3 is 14.5 Å². The van der Waals surface area contributed by atoms with Crippen molar-refractivity contribution in [1.29, 1.82) is 0 Å². The molecule has 0 bridgehead atoms. The highest BCUT2D eigenvalue weighted by Crippen LogP contribution is 2.18. The van der Waals surface area contributed by atoms with Gasteiger partial charge in [-0.3, -0.25) is 0 Å². The number of benzene rings is 1. The Morgan fingerprint density at radius 2 is 1.90 bits per heavy atom. The predicted molar refractivity (Wildman–Crippen MR) is 77.5 cm³/mol. The van der Waals surface area contributed by atoms with Crippen LogP contribution in [0.5, 0.6) is 0 Å². The second kappa shape index (κ2) is 5.95. The first-order valence-corrected chi connectivity index (χ1v) is 6.70. The van der Waals surface area contributed by atoms with Crippen molar-refractivity contribution in [2.45, 2.75) is 39.8 Å². The number of amides is 1. The van der Waals surface area contributed by atoms with Gasteiger partial charge in [0.1, 0.15) is 5.60 Å². The fourth-order valence-electron chi connectivity index (χ4n) is 1.60. The van der Waals surface area contributed by atoms with E-state index < -0.39 is 11.7 Å². The van der Waals surface area contributed by atoms with Gasteiger partial charge in [-0.05, 0) is 39.8 Å². The van der Waals surface area contributed by atoms with Crippen molar-refractivity contribution in [1.82, 2.24) is 15.5 Å². The fraction of sp³-hybridized carbons (Fsp3) is 0.400. The smallest absolute Gasteiger partial charge is 0.408 e. The minimum atomic E-state index is -0.536. The van der Waals surface area contributed by atoms with Crippen molar-refractivity contribution in [3.8, 4) is 11.5 Å². The van der Waals surface area contributed by atoms with Gasteiger partial charge in [0.05, 0.1) is 6.54 Å². The van der Waals surface area contributed by atoms with Crippen LogP contribution in [0.3, 0.4) is 0 Å². The summed E-state index contributed by atoms with van der Waals surface area (Å²) in [6.45, 7) is 7.54. The van der Waals surface area contributed by atoms with Gasteiger partial charge in [0.15, 0.2) is 0 Å². The molecule has 0 saturated carbocycles. The predicted octanol–water partition coefficient (Wildman–Crippen LogP) is 3.07. The zero-order chi connectivity index (χ0) is 15.5. The van der Waals surface area contributed by atoms with E-state index in [1.807, 2.05) is 31.2 Å². The van der Waals surface area contributed by atoms with Crippen LogP contribution >= 0.6 is 0 Å². The van der Waals surface area contributed by atoms with Crippen LogP contribution in [0.2, 0.25) is 0 Å². The molecule has 0 radical (unpaired) electrons. The number of carbonyl (C=O) groups is 1. The number of carbonyl (C=O) groups excluding carboxylic acids is 1. The molecule has 6 nitrogen and oxygen atoms in total. The summed E-state index contributed by atoms with van der Waals surface area (Å²) in [4.78, 5) is 11.5. The van der Waals surface area contributed by atoms with E-state index in [9.17, 15) is 4.79 Å². The Labute approximate surface area is 123 Å². The molecule has 112 valence electrons. The zero-order valence-corrected chi connectivity index (χ0v) is 12.6. The van der Waals surface area contributed by atoms with E-state index in [-0.39, 0.29) is 6.54 Å². The highest BCUT2D eigenvalue weighted by atomic mass is 16.6. The van der Waals surface area contributed by atoms with E-state index in [2.05, 4.69) is 15.5 Å². The van der Waals surface area contributed by atoms with Crippen LogP contribution in [-0.4, -0.2) is 21.9 Å². The molecule has 2 aromatic rings. The van der Waals surface area contributed by atoms with Gasteiger partial charge in [0.25, 0.3) is 0 Å². The van der Waals surface area contributed by atoms with Crippen molar-refractivity contribution in [2.75, 3.05) is 0 Å². The van der Waals surface area contributed by atoms with Crippen molar-refractivity contribution in [3.63, 3.8) is 0 Å². The maximum atomic E-state index is 11.5. The number of nitrogens with one attached hydrogen (secondary N) is 1. The van der Waals surface area contributed by atoms with Crippen LogP contribution in [-0.2, 0) is 11.3 Å². The molecular formula is C15H19N3O3. The van der Waals surface area contributed by atoms with Crippen LogP contribution in [0.1, 0.15) is 32.2 Å². The summed E-state index contributed by atoms with van der Waals surface area (Å²) in [5.41, 5.74) is 1.47. The lowest BCUT2D eigenvalue weighted by Gasteiger charge is -2.19. The van der Waals surface area contributed by atoms with Crippen LogP contribution in [0.25, 0.3) is 11.5 Å². The summed E-state index contributed by atoms with van der Waals surface area (Å²) in [5.74, 6) is 0.757. The third-order valence-corrected chi connectivity index (χ3v) is 2.55. The largest absolute Gasteiger partial charge is 0.444 e. The van der Waals surface area contributed by atoms with E-state index in [0.29, 0.717) is 11.8 Å². The van der Waals surface area contributed by atoms with Gasteiger partial charge in [0, 0.05) is 5.56 Å². The standard InChI is InChI=1S/C15H19N3O3/c1-10-5-7-11(8-6-10)13-18-17-12(20-13)9-16-14(19)21-15(2,3)4/h5-8H,9H2,1-4H3,(H,16,19). The molecule has 1 heterocycles. The van der Waals surface area contributed by atoms with Gasteiger partial charge >= 0.3 is 6.09 Å². The van der Waals surface area contributed by atoms with Crippen LogP contribution in [0.15, 0.2) is 28.7 Å².